The summed E-state index contributed by atoms with van der Waals surface area (Å²) in [5.41, 5.74) is 11.9. The number of hydrogen-bond donors (Lipinski definition) is 3. The Morgan fingerprint density at radius 1 is 1.33 bits per heavy atom. The lowest BCUT2D eigenvalue weighted by Crippen LogP contribution is -2.32. The molecule has 0 radical (unpaired) electrons. The Bertz CT molecular complexity index is 529. The summed E-state index contributed by atoms with van der Waals surface area (Å²) in [5, 5.41) is 9.89. The molecular formula is C14H21N5O2. The summed E-state index contributed by atoms with van der Waals surface area (Å²) in [6, 6.07) is 7.25. The van der Waals surface area contributed by atoms with Crippen LogP contribution < -0.4 is 16.8 Å². The van der Waals surface area contributed by atoms with Crippen molar-refractivity contribution in [3.05, 3.63) is 35.4 Å². The fraction of sp³-hybridized carbons (Fsp3) is 0.357. The van der Waals surface area contributed by atoms with E-state index >= 15 is 0 Å². The first-order valence-corrected chi connectivity index (χ1v) is 6.44. The number of ether oxygens (including phenoxy) is 1. The monoisotopic (exact) mass is 291 g/mol. The number of hydrogen-bond acceptors (Lipinski definition) is 4. The lowest BCUT2D eigenvalue weighted by atomic mass is 10.1. The van der Waals surface area contributed by atoms with Gasteiger partial charge in [0.1, 0.15) is 11.9 Å². The number of benzene rings is 1. The van der Waals surface area contributed by atoms with E-state index in [0.717, 1.165) is 17.5 Å². The van der Waals surface area contributed by atoms with Gasteiger partial charge in [0.25, 0.3) is 0 Å². The fourth-order valence-corrected chi connectivity index (χ4v) is 1.44. The predicted molar refractivity (Wildman–Crippen MR) is 82.9 cm³/mol. The van der Waals surface area contributed by atoms with Gasteiger partial charge in [0.05, 0.1) is 0 Å². The van der Waals surface area contributed by atoms with Crippen LogP contribution in [-0.2, 0) is 11.3 Å². The van der Waals surface area contributed by atoms with Gasteiger partial charge in [-0.25, -0.2) is 4.79 Å². The summed E-state index contributed by atoms with van der Waals surface area (Å²) in [4.78, 5) is 11.5. The molecule has 0 unspecified atom stereocenters. The van der Waals surface area contributed by atoms with Crippen LogP contribution in [0.4, 0.5) is 4.79 Å². The molecule has 0 saturated carbocycles. The molecule has 0 aliphatic carbocycles. The molecule has 7 heteroatoms. The van der Waals surface area contributed by atoms with E-state index in [4.69, 9.17) is 16.2 Å². The molecule has 0 spiro atoms. The number of carbonyl (C=O) groups is 1. The van der Waals surface area contributed by atoms with Crippen LogP contribution in [0.25, 0.3) is 0 Å². The molecule has 0 aliphatic rings. The molecule has 1 aromatic carbocycles. The number of nitrogens with one attached hydrogen (secondary N) is 1. The number of rotatable bonds is 4. The lowest BCUT2D eigenvalue weighted by molar-refractivity contribution is 0.0523. The molecule has 0 atom stereocenters. The molecular weight excluding hydrogens is 270 g/mol. The van der Waals surface area contributed by atoms with Gasteiger partial charge in [-0.2, -0.15) is 0 Å². The van der Waals surface area contributed by atoms with Crippen molar-refractivity contribution in [3.8, 4) is 0 Å². The topological polar surface area (TPSA) is 115 Å². The van der Waals surface area contributed by atoms with Crippen molar-refractivity contribution in [3.63, 3.8) is 0 Å². The van der Waals surface area contributed by atoms with E-state index in [1.807, 2.05) is 32.9 Å². The third kappa shape index (κ3) is 6.42. The second-order valence-corrected chi connectivity index (χ2v) is 5.30. The molecule has 1 amide bonds. The second-order valence-electron chi connectivity index (χ2n) is 5.30. The van der Waals surface area contributed by atoms with E-state index in [2.05, 4.69) is 15.5 Å². The summed E-state index contributed by atoms with van der Waals surface area (Å²) >= 11 is 0. The van der Waals surface area contributed by atoms with Gasteiger partial charge in [-0.3, -0.25) is 0 Å². The average molecular weight is 291 g/mol. The van der Waals surface area contributed by atoms with Crippen LogP contribution in [0.15, 0.2) is 34.5 Å². The van der Waals surface area contributed by atoms with Gasteiger partial charge in [0, 0.05) is 12.1 Å². The summed E-state index contributed by atoms with van der Waals surface area (Å²) in [7, 11) is 0. The molecule has 1 aromatic rings. The van der Waals surface area contributed by atoms with Crippen LogP contribution in [0, 0.1) is 0 Å². The molecule has 114 valence electrons. The van der Waals surface area contributed by atoms with E-state index in [1.165, 1.54) is 0 Å². The van der Waals surface area contributed by atoms with Gasteiger partial charge in [-0.05, 0) is 26.3 Å². The van der Waals surface area contributed by atoms with E-state index in [0.29, 0.717) is 6.54 Å². The molecule has 0 saturated heterocycles. The zero-order chi connectivity index (χ0) is 15.9. The highest BCUT2D eigenvalue weighted by Gasteiger charge is 2.15. The van der Waals surface area contributed by atoms with Crippen LogP contribution >= 0.6 is 0 Å². The maximum atomic E-state index is 11.5. The zero-order valence-corrected chi connectivity index (χ0v) is 12.5. The fourth-order valence-electron chi connectivity index (χ4n) is 1.44. The normalized spacial score (nSPS) is 12.4. The highest BCUT2D eigenvalue weighted by atomic mass is 16.6. The standard InChI is InChI=1S/C14H21N5O2/c1-14(2,3)21-13(20)17-8-10-4-6-11(7-5-10)12(16)19-18-9-15/h4-7,9H,8H2,1-3H3,(H2,15,18)(H2,16,19)(H,17,20). The van der Waals surface area contributed by atoms with Crippen LogP contribution in [0.1, 0.15) is 31.9 Å². The van der Waals surface area contributed by atoms with E-state index in [-0.39, 0.29) is 5.84 Å². The molecule has 5 N–H and O–H groups in total. The summed E-state index contributed by atoms with van der Waals surface area (Å²) in [6.45, 7) is 5.81. The van der Waals surface area contributed by atoms with Gasteiger partial charge in [0.15, 0.2) is 5.84 Å². The van der Waals surface area contributed by atoms with E-state index in [1.54, 1.807) is 12.1 Å². The third-order valence-electron chi connectivity index (χ3n) is 2.32. The summed E-state index contributed by atoms with van der Waals surface area (Å²) < 4.78 is 5.15. The number of carbonyl (C=O) groups excluding carboxylic acids is 1. The first kappa shape index (κ1) is 16.5. The van der Waals surface area contributed by atoms with E-state index in [9.17, 15) is 4.79 Å². The van der Waals surface area contributed by atoms with Crippen molar-refractivity contribution < 1.29 is 9.53 Å². The zero-order valence-electron chi connectivity index (χ0n) is 12.5. The van der Waals surface area contributed by atoms with E-state index < -0.39 is 11.7 Å². The minimum atomic E-state index is -0.512. The second kappa shape index (κ2) is 7.28. The van der Waals surface area contributed by atoms with Crippen molar-refractivity contribution >= 4 is 18.3 Å². The van der Waals surface area contributed by atoms with Gasteiger partial charge in [0.2, 0.25) is 0 Å². The molecule has 0 fully saturated rings. The Balaban J connectivity index is 2.57. The maximum absolute atomic E-state index is 11.5. The van der Waals surface area contributed by atoms with Gasteiger partial charge >= 0.3 is 6.09 Å². The molecule has 21 heavy (non-hydrogen) atoms. The van der Waals surface area contributed by atoms with Crippen LogP contribution in [0.5, 0.6) is 0 Å². The Labute approximate surface area is 124 Å². The highest BCUT2D eigenvalue weighted by molar-refractivity contribution is 5.97. The summed E-state index contributed by atoms with van der Waals surface area (Å²) in [6.07, 6.45) is 0.608. The average Bonchev–Trinajstić information content (AvgIpc) is 2.41. The van der Waals surface area contributed by atoms with Gasteiger partial charge in [-0.1, -0.05) is 24.3 Å². The van der Waals surface area contributed by atoms with Crippen molar-refractivity contribution in [2.45, 2.75) is 32.9 Å². The predicted octanol–water partition coefficient (Wildman–Crippen LogP) is 1.32. The molecule has 0 bridgehead atoms. The van der Waals surface area contributed by atoms with Crippen molar-refractivity contribution in [2.24, 2.45) is 21.7 Å². The first-order chi connectivity index (χ1) is 9.81. The molecule has 0 aliphatic heterocycles. The largest absolute Gasteiger partial charge is 0.444 e. The van der Waals surface area contributed by atoms with Crippen molar-refractivity contribution in [1.82, 2.24) is 5.32 Å². The SMILES string of the molecule is CC(C)(C)OC(=O)NCc1ccc(/C(N)=N/N=C\N)cc1. The Hall–Kier alpha value is -2.57. The first-order valence-electron chi connectivity index (χ1n) is 6.44. The number of nitrogens with zero attached hydrogens (tertiary/aromatic N) is 2. The minimum absolute atomic E-state index is 0.267. The number of alkyl carbamates (subject to hydrolysis) is 1. The quantitative estimate of drug-likeness (QED) is 0.441. The molecule has 0 aromatic heterocycles. The van der Waals surface area contributed by atoms with Gasteiger partial charge in [-0.15, -0.1) is 10.2 Å². The summed E-state index contributed by atoms with van der Waals surface area (Å²) in [5.74, 6) is 0.267. The van der Waals surface area contributed by atoms with Crippen molar-refractivity contribution in [2.75, 3.05) is 0 Å². The van der Waals surface area contributed by atoms with Crippen molar-refractivity contribution in [1.29, 1.82) is 0 Å². The van der Waals surface area contributed by atoms with Crippen LogP contribution in [-0.4, -0.2) is 23.9 Å². The Kier molecular flexibility index (Phi) is 5.71. The molecule has 7 nitrogen and oxygen atoms in total. The third-order valence-corrected chi connectivity index (χ3v) is 2.32. The Morgan fingerprint density at radius 3 is 2.48 bits per heavy atom. The molecule has 0 heterocycles. The smallest absolute Gasteiger partial charge is 0.407 e. The number of amidine groups is 1. The Morgan fingerprint density at radius 2 is 1.95 bits per heavy atom. The number of nitrogens with two attached hydrogens (primary N) is 2. The van der Waals surface area contributed by atoms with Crippen LogP contribution in [0.2, 0.25) is 0 Å². The van der Waals surface area contributed by atoms with Crippen LogP contribution in [0.3, 0.4) is 0 Å². The maximum Gasteiger partial charge on any atom is 0.407 e. The lowest BCUT2D eigenvalue weighted by Gasteiger charge is -2.19. The molecule has 1 rings (SSSR count). The number of amides is 1. The van der Waals surface area contributed by atoms with Gasteiger partial charge < -0.3 is 21.5 Å². The minimum Gasteiger partial charge on any atom is -0.444 e. The highest BCUT2D eigenvalue weighted by Crippen LogP contribution is 2.08.